The predicted octanol–water partition coefficient (Wildman–Crippen LogP) is 5.38. The SMILES string of the molecule is C=C/C=C([B]C(=C)/C(=C\CCC)CCC)\C=C/C. The Labute approximate surface area is 114 Å². The third kappa shape index (κ3) is 7.16. The summed E-state index contributed by atoms with van der Waals surface area (Å²) in [6.45, 7) is 14.4. The first-order valence-corrected chi connectivity index (χ1v) is 6.88. The summed E-state index contributed by atoms with van der Waals surface area (Å²) in [4.78, 5) is 0. The maximum Gasteiger partial charge on any atom is 0.190 e. The fourth-order valence-corrected chi connectivity index (χ4v) is 1.76. The molecule has 0 unspecified atom stereocenters. The van der Waals surface area contributed by atoms with Crippen LogP contribution in [0, 0.1) is 0 Å². The Hall–Kier alpha value is -1.24. The number of hydrogen-bond donors (Lipinski definition) is 0. The van der Waals surface area contributed by atoms with Gasteiger partial charge in [-0.2, -0.15) is 0 Å². The fourth-order valence-electron chi connectivity index (χ4n) is 1.76. The van der Waals surface area contributed by atoms with E-state index in [1.165, 1.54) is 12.0 Å². The second-order valence-corrected chi connectivity index (χ2v) is 4.34. The molecule has 0 atom stereocenters. The van der Waals surface area contributed by atoms with Crippen LogP contribution in [0.25, 0.3) is 0 Å². The van der Waals surface area contributed by atoms with E-state index in [9.17, 15) is 0 Å². The van der Waals surface area contributed by atoms with Crippen LogP contribution in [0.1, 0.15) is 46.5 Å². The summed E-state index contributed by atoms with van der Waals surface area (Å²) in [7, 11) is 2.14. The second-order valence-electron chi connectivity index (χ2n) is 4.34. The summed E-state index contributed by atoms with van der Waals surface area (Å²) in [6, 6.07) is 0. The standard InChI is InChI=1S/C17H26B/c1-6-10-14-16(11-7-2)15(5)18-17(12-8-3)13-9-4/h8-9,12-14H,3,5-7,10-11H2,1-2,4H3/b13-9-,16-14-,17-12+. The van der Waals surface area contributed by atoms with Gasteiger partial charge < -0.3 is 0 Å². The number of allylic oxidation sites excluding steroid dienone is 8. The Morgan fingerprint density at radius 2 is 1.94 bits per heavy atom. The van der Waals surface area contributed by atoms with Gasteiger partial charge in [0.15, 0.2) is 7.28 Å². The van der Waals surface area contributed by atoms with E-state index in [1.807, 2.05) is 25.2 Å². The Balaban J connectivity index is 4.76. The van der Waals surface area contributed by atoms with Crippen LogP contribution in [0.4, 0.5) is 0 Å². The van der Waals surface area contributed by atoms with Gasteiger partial charge in [-0.3, -0.25) is 0 Å². The molecule has 0 aliphatic rings. The number of unbranched alkanes of at least 4 members (excludes halogenated alkanes) is 1. The van der Waals surface area contributed by atoms with Gasteiger partial charge in [0.25, 0.3) is 0 Å². The normalized spacial score (nSPS) is 12.8. The molecular formula is C17H26B. The molecule has 1 radical (unpaired) electrons. The van der Waals surface area contributed by atoms with Crippen LogP contribution in [0.15, 0.2) is 60.1 Å². The molecule has 0 aliphatic carbocycles. The van der Waals surface area contributed by atoms with Crippen molar-refractivity contribution in [3.05, 3.63) is 60.1 Å². The summed E-state index contributed by atoms with van der Waals surface area (Å²) in [6.07, 6.45) is 14.8. The van der Waals surface area contributed by atoms with Gasteiger partial charge in [-0.05, 0) is 19.8 Å². The predicted molar refractivity (Wildman–Crippen MR) is 85.9 cm³/mol. The lowest BCUT2D eigenvalue weighted by molar-refractivity contribution is 0.891. The first-order chi connectivity index (χ1) is 8.69. The monoisotopic (exact) mass is 241 g/mol. The zero-order valence-electron chi connectivity index (χ0n) is 12.2. The molecule has 0 bridgehead atoms. The van der Waals surface area contributed by atoms with E-state index in [1.54, 1.807) is 0 Å². The smallest absolute Gasteiger partial charge is 0.105 e. The van der Waals surface area contributed by atoms with Crippen molar-refractivity contribution >= 4 is 7.28 Å². The highest BCUT2D eigenvalue weighted by atomic mass is 14.0. The second kappa shape index (κ2) is 10.9. The molecule has 1 heteroatoms. The fraction of sp³-hybridized carbons (Fsp3) is 0.412. The first-order valence-electron chi connectivity index (χ1n) is 6.88. The van der Waals surface area contributed by atoms with Crippen molar-refractivity contribution < 1.29 is 0 Å². The van der Waals surface area contributed by atoms with Crippen LogP contribution >= 0.6 is 0 Å². The van der Waals surface area contributed by atoms with Crippen LogP contribution in [0.2, 0.25) is 0 Å². The van der Waals surface area contributed by atoms with Crippen molar-refractivity contribution in [3.8, 4) is 0 Å². The Morgan fingerprint density at radius 3 is 2.44 bits per heavy atom. The first kappa shape index (κ1) is 16.8. The van der Waals surface area contributed by atoms with Crippen LogP contribution in [-0.2, 0) is 0 Å². The molecule has 0 aromatic carbocycles. The number of hydrogen-bond acceptors (Lipinski definition) is 0. The Bertz CT molecular complexity index is 343. The molecule has 97 valence electrons. The van der Waals surface area contributed by atoms with Gasteiger partial charge in [0.2, 0.25) is 0 Å². The highest BCUT2D eigenvalue weighted by Gasteiger charge is 2.05. The van der Waals surface area contributed by atoms with Crippen molar-refractivity contribution in [1.82, 2.24) is 0 Å². The largest absolute Gasteiger partial charge is 0.190 e. The minimum Gasteiger partial charge on any atom is -0.105 e. The maximum absolute atomic E-state index is 4.20. The summed E-state index contributed by atoms with van der Waals surface area (Å²) in [5.41, 5.74) is 3.64. The van der Waals surface area contributed by atoms with Gasteiger partial charge in [-0.1, -0.05) is 80.2 Å². The summed E-state index contributed by atoms with van der Waals surface area (Å²) in [5.74, 6) is 0. The molecule has 0 aliphatic heterocycles. The minimum atomic E-state index is 1.10. The lowest BCUT2D eigenvalue weighted by Crippen LogP contribution is -2.02. The molecule has 0 saturated carbocycles. The van der Waals surface area contributed by atoms with Gasteiger partial charge in [-0.15, -0.1) is 6.58 Å². The van der Waals surface area contributed by atoms with Crippen LogP contribution in [0.3, 0.4) is 0 Å². The van der Waals surface area contributed by atoms with E-state index in [0.717, 1.165) is 30.2 Å². The molecule has 18 heavy (non-hydrogen) atoms. The number of rotatable bonds is 9. The third-order valence-electron chi connectivity index (χ3n) is 2.62. The maximum atomic E-state index is 4.20. The van der Waals surface area contributed by atoms with E-state index in [0.29, 0.717) is 0 Å². The molecule has 0 amide bonds. The Morgan fingerprint density at radius 1 is 1.22 bits per heavy atom. The van der Waals surface area contributed by atoms with Crippen LogP contribution in [-0.4, -0.2) is 7.28 Å². The summed E-state index contributed by atoms with van der Waals surface area (Å²) in [5, 5.41) is 0. The topological polar surface area (TPSA) is 0 Å². The van der Waals surface area contributed by atoms with Gasteiger partial charge >= 0.3 is 0 Å². The van der Waals surface area contributed by atoms with E-state index >= 15 is 0 Å². The van der Waals surface area contributed by atoms with E-state index < -0.39 is 0 Å². The van der Waals surface area contributed by atoms with Crippen molar-refractivity contribution in [2.24, 2.45) is 0 Å². The van der Waals surface area contributed by atoms with Gasteiger partial charge in [0.05, 0.1) is 0 Å². The lowest BCUT2D eigenvalue weighted by Gasteiger charge is -2.10. The van der Waals surface area contributed by atoms with Gasteiger partial charge in [0, 0.05) is 0 Å². The highest BCUT2D eigenvalue weighted by Crippen LogP contribution is 2.17. The quantitative estimate of drug-likeness (QED) is 0.375. The molecule has 0 aromatic rings. The molecule has 0 saturated heterocycles. The molecular weight excluding hydrogens is 215 g/mol. The molecule has 0 N–H and O–H groups in total. The van der Waals surface area contributed by atoms with E-state index in [4.69, 9.17) is 0 Å². The molecule has 0 spiro atoms. The Kier molecular flexibility index (Phi) is 10.1. The molecule has 0 heterocycles. The van der Waals surface area contributed by atoms with Crippen molar-refractivity contribution in [2.75, 3.05) is 0 Å². The molecule has 0 nitrogen and oxygen atoms in total. The molecule has 0 fully saturated rings. The zero-order chi connectivity index (χ0) is 13.8. The van der Waals surface area contributed by atoms with Crippen molar-refractivity contribution in [2.45, 2.75) is 46.5 Å². The third-order valence-corrected chi connectivity index (χ3v) is 2.62. The summed E-state index contributed by atoms with van der Waals surface area (Å²) >= 11 is 0. The highest BCUT2D eigenvalue weighted by molar-refractivity contribution is 6.56. The van der Waals surface area contributed by atoms with Crippen LogP contribution < -0.4 is 0 Å². The lowest BCUT2D eigenvalue weighted by atomic mass is 9.60. The van der Waals surface area contributed by atoms with E-state index in [2.05, 4.69) is 46.4 Å². The van der Waals surface area contributed by atoms with Gasteiger partial charge in [0.1, 0.15) is 0 Å². The minimum absolute atomic E-state index is 1.10. The molecule has 0 rings (SSSR count). The average molecular weight is 241 g/mol. The van der Waals surface area contributed by atoms with Gasteiger partial charge in [-0.25, -0.2) is 0 Å². The van der Waals surface area contributed by atoms with Crippen molar-refractivity contribution in [1.29, 1.82) is 0 Å². The average Bonchev–Trinajstić information content (AvgIpc) is 2.35. The zero-order valence-corrected chi connectivity index (χ0v) is 12.2. The van der Waals surface area contributed by atoms with E-state index in [-0.39, 0.29) is 0 Å². The molecule has 0 aromatic heterocycles. The summed E-state index contributed by atoms with van der Waals surface area (Å²) < 4.78 is 0. The van der Waals surface area contributed by atoms with Crippen LogP contribution in [0.5, 0.6) is 0 Å². The van der Waals surface area contributed by atoms with Crippen molar-refractivity contribution in [3.63, 3.8) is 0 Å².